The zero-order valence-corrected chi connectivity index (χ0v) is 11.4. The quantitative estimate of drug-likeness (QED) is 0.489. The van der Waals surface area contributed by atoms with Crippen LogP contribution >= 0.6 is 0 Å². The Labute approximate surface area is 107 Å². The molecule has 0 bridgehead atoms. The van der Waals surface area contributed by atoms with Crippen LogP contribution in [0, 0.1) is 11.8 Å². The van der Waals surface area contributed by atoms with Crippen molar-refractivity contribution < 1.29 is 19.2 Å². The van der Waals surface area contributed by atoms with Crippen LogP contribution in [-0.4, -0.2) is 23.1 Å². The van der Waals surface area contributed by atoms with Crippen molar-refractivity contribution in [3.63, 3.8) is 0 Å². The van der Waals surface area contributed by atoms with Gasteiger partial charge < -0.3 is 0 Å². The minimum Gasteiger partial charge on any atom is -0.299 e. The second-order valence-electron chi connectivity index (χ2n) is 4.49. The van der Waals surface area contributed by atoms with Gasteiger partial charge in [0.2, 0.25) is 0 Å². The third-order valence-corrected chi connectivity index (χ3v) is 2.87. The van der Waals surface area contributed by atoms with Gasteiger partial charge in [-0.05, 0) is 40.5 Å². The lowest BCUT2D eigenvalue weighted by atomic mass is 9.94. The minimum atomic E-state index is -0.616. The van der Waals surface area contributed by atoms with Gasteiger partial charge in [0, 0.05) is 0 Å². The molecule has 0 aliphatic carbocycles. The van der Waals surface area contributed by atoms with Gasteiger partial charge in [-0.15, -0.1) is 0 Å². The largest absolute Gasteiger partial charge is 0.299 e. The molecule has 18 heavy (non-hydrogen) atoms. The number of hydrogen-bond acceptors (Lipinski definition) is 4. The van der Waals surface area contributed by atoms with Crippen molar-refractivity contribution in [3.05, 3.63) is 12.2 Å². The van der Waals surface area contributed by atoms with Crippen LogP contribution in [-0.2, 0) is 19.2 Å². The molecule has 0 aromatic rings. The summed E-state index contributed by atoms with van der Waals surface area (Å²) in [6.45, 7) is 5.53. The molecule has 0 saturated carbocycles. The molecule has 0 N–H and O–H groups in total. The Balaban J connectivity index is 4.41. The molecule has 0 rings (SSSR count). The smallest absolute Gasteiger partial charge is 0.140 e. The molecule has 0 aliphatic rings. The van der Waals surface area contributed by atoms with Crippen LogP contribution in [0.15, 0.2) is 12.2 Å². The first kappa shape index (κ1) is 16.4. The Morgan fingerprint density at radius 1 is 0.667 bits per heavy atom. The van der Waals surface area contributed by atoms with Gasteiger partial charge in [0.05, 0.1) is 11.8 Å². The summed E-state index contributed by atoms with van der Waals surface area (Å²) in [5.41, 5.74) is 0. The van der Waals surface area contributed by atoms with Gasteiger partial charge in [0.1, 0.15) is 23.1 Å². The Bertz CT molecular complexity index is 315. The van der Waals surface area contributed by atoms with E-state index >= 15 is 0 Å². The van der Waals surface area contributed by atoms with E-state index in [1.807, 2.05) is 0 Å². The number of Topliss-reactive ketones (excluding diaryl/α,β-unsaturated/α-hetero) is 4. The van der Waals surface area contributed by atoms with E-state index < -0.39 is 11.8 Å². The van der Waals surface area contributed by atoms with Crippen LogP contribution in [0.2, 0.25) is 0 Å². The number of allylic oxidation sites excluding steroid dienone is 2. The summed E-state index contributed by atoms with van der Waals surface area (Å²) >= 11 is 0. The fourth-order valence-electron chi connectivity index (χ4n) is 1.70. The van der Waals surface area contributed by atoms with Gasteiger partial charge in [-0.1, -0.05) is 12.2 Å². The molecule has 100 valence electrons. The standard InChI is InChI=1S/C14H20O4/c1-9(15)13(10(2)16)7-5-6-8-14(11(3)17)12(4)18/h5-6,13-14H,7-8H2,1-4H3/b6-5+. The average Bonchev–Trinajstić information content (AvgIpc) is 2.20. The molecule has 0 saturated heterocycles. The second kappa shape index (κ2) is 7.69. The summed E-state index contributed by atoms with van der Waals surface area (Å²) in [6.07, 6.45) is 4.03. The lowest BCUT2D eigenvalue weighted by molar-refractivity contribution is -0.131. The SMILES string of the molecule is CC(=O)C(C/C=C/CC(C(C)=O)C(C)=O)C(C)=O. The predicted octanol–water partition coefficient (Wildman–Crippen LogP) is 1.91. The van der Waals surface area contributed by atoms with Gasteiger partial charge in [-0.2, -0.15) is 0 Å². The lowest BCUT2D eigenvalue weighted by Gasteiger charge is -2.08. The summed E-state index contributed by atoms with van der Waals surface area (Å²) in [6, 6.07) is 0. The Hall–Kier alpha value is -1.58. The summed E-state index contributed by atoms with van der Waals surface area (Å²) in [7, 11) is 0. The van der Waals surface area contributed by atoms with Crippen molar-refractivity contribution in [2.75, 3.05) is 0 Å². The molecule has 0 unspecified atom stereocenters. The highest BCUT2D eigenvalue weighted by molar-refractivity contribution is 6.01. The van der Waals surface area contributed by atoms with Crippen LogP contribution in [0.1, 0.15) is 40.5 Å². The van der Waals surface area contributed by atoms with E-state index in [2.05, 4.69) is 0 Å². The van der Waals surface area contributed by atoms with E-state index in [0.29, 0.717) is 12.8 Å². The van der Waals surface area contributed by atoms with E-state index in [1.165, 1.54) is 27.7 Å². The molecule has 0 aliphatic heterocycles. The zero-order valence-electron chi connectivity index (χ0n) is 11.4. The van der Waals surface area contributed by atoms with E-state index in [9.17, 15) is 19.2 Å². The predicted molar refractivity (Wildman–Crippen MR) is 68.1 cm³/mol. The third kappa shape index (κ3) is 5.66. The Morgan fingerprint density at radius 2 is 0.889 bits per heavy atom. The van der Waals surface area contributed by atoms with Crippen LogP contribution in [0.25, 0.3) is 0 Å². The van der Waals surface area contributed by atoms with E-state index in [1.54, 1.807) is 12.2 Å². The van der Waals surface area contributed by atoms with Crippen molar-refractivity contribution >= 4 is 23.1 Å². The summed E-state index contributed by atoms with van der Waals surface area (Å²) in [5, 5.41) is 0. The van der Waals surface area contributed by atoms with Gasteiger partial charge in [0.25, 0.3) is 0 Å². The molecule has 0 amide bonds. The minimum absolute atomic E-state index is 0.165. The van der Waals surface area contributed by atoms with E-state index in [-0.39, 0.29) is 23.1 Å². The fourth-order valence-corrected chi connectivity index (χ4v) is 1.70. The van der Waals surface area contributed by atoms with E-state index in [4.69, 9.17) is 0 Å². The molecule has 4 heteroatoms. The highest BCUT2D eigenvalue weighted by Crippen LogP contribution is 2.11. The van der Waals surface area contributed by atoms with Crippen LogP contribution in [0.4, 0.5) is 0 Å². The Kier molecular flexibility index (Phi) is 7.01. The fraction of sp³-hybridized carbons (Fsp3) is 0.571. The summed E-state index contributed by atoms with van der Waals surface area (Å²) in [5.74, 6) is -1.89. The summed E-state index contributed by atoms with van der Waals surface area (Å²) < 4.78 is 0. The van der Waals surface area contributed by atoms with Crippen molar-refractivity contribution in [3.8, 4) is 0 Å². The summed E-state index contributed by atoms with van der Waals surface area (Å²) in [4.78, 5) is 44.7. The maximum Gasteiger partial charge on any atom is 0.140 e. The number of ketones is 4. The lowest BCUT2D eigenvalue weighted by Crippen LogP contribution is -2.19. The van der Waals surface area contributed by atoms with Crippen LogP contribution < -0.4 is 0 Å². The zero-order chi connectivity index (χ0) is 14.3. The third-order valence-electron chi connectivity index (χ3n) is 2.87. The van der Waals surface area contributed by atoms with Gasteiger partial charge in [0.15, 0.2) is 0 Å². The highest BCUT2D eigenvalue weighted by atomic mass is 16.2. The number of carbonyl (C=O) groups excluding carboxylic acids is 4. The normalized spacial score (nSPS) is 11.2. The first-order chi connectivity index (χ1) is 8.27. The molecule has 0 aromatic heterocycles. The maximum absolute atomic E-state index is 11.2. The molecule has 0 heterocycles. The van der Waals surface area contributed by atoms with Crippen LogP contribution in [0.3, 0.4) is 0 Å². The van der Waals surface area contributed by atoms with Crippen molar-refractivity contribution in [2.24, 2.45) is 11.8 Å². The first-order valence-electron chi connectivity index (χ1n) is 5.94. The van der Waals surface area contributed by atoms with Gasteiger partial charge >= 0.3 is 0 Å². The molecule has 0 radical (unpaired) electrons. The first-order valence-corrected chi connectivity index (χ1v) is 5.94. The van der Waals surface area contributed by atoms with Gasteiger partial charge in [-0.3, -0.25) is 19.2 Å². The monoisotopic (exact) mass is 252 g/mol. The van der Waals surface area contributed by atoms with Crippen molar-refractivity contribution in [2.45, 2.75) is 40.5 Å². The molecular weight excluding hydrogens is 232 g/mol. The number of hydrogen-bond donors (Lipinski definition) is 0. The molecule has 4 nitrogen and oxygen atoms in total. The van der Waals surface area contributed by atoms with Crippen molar-refractivity contribution in [1.82, 2.24) is 0 Å². The van der Waals surface area contributed by atoms with Crippen molar-refractivity contribution in [1.29, 1.82) is 0 Å². The van der Waals surface area contributed by atoms with Crippen LogP contribution in [0.5, 0.6) is 0 Å². The molecule has 0 fully saturated rings. The molecule has 0 spiro atoms. The number of carbonyl (C=O) groups is 4. The molecular formula is C14H20O4. The van der Waals surface area contributed by atoms with Gasteiger partial charge in [-0.25, -0.2) is 0 Å². The molecule has 0 aromatic carbocycles. The number of rotatable bonds is 8. The maximum atomic E-state index is 11.2. The Morgan fingerprint density at radius 3 is 1.06 bits per heavy atom. The topological polar surface area (TPSA) is 68.3 Å². The second-order valence-corrected chi connectivity index (χ2v) is 4.49. The van der Waals surface area contributed by atoms with E-state index in [0.717, 1.165) is 0 Å². The highest BCUT2D eigenvalue weighted by Gasteiger charge is 2.19. The average molecular weight is 252 g/mol. The molecule has 0 atom stereocenters.